The molecule has 0 amide bonds. The predicted molar refractivity (Wildman–Crippen MR) is 79.3 cm³/mol. The van der Waals surface area contributed by atoms with E-state index in [4.69, 9.17) is 0 Å². The lowest BCUT2D eigenvalue weighted by Crippen LogP contribution is -2.12. The fourth-order valence-corrected chi connectivity index (χ4v) is 4.94. The van der Waals surface area contributed by atoms with E-state index in [0.717, 1.165) is 17.8 Å². The standard InChI is InChI=1S/C15H17Br2F/c16-13(11-3-4-15(18)14(17)7-11)8-12-6-9-1-2-10(12)5-9/h3-4,7,9-10,12-13H,1-2,5-6,8H2. The molecule has 2 saturated carbocycles. The highest BCUT2D eigenvalue weighted by atomic mass is 79.9. The van der Waals surface area contributed by atoms with Crippen LogP contribution in [-0.4, -0.2) is 0 Å². The van der Waals surface area contributed by atoms with Crippen molar-refractivity contribution in [2.75, 3.05) is 0 Å². The molecule has 1 aromatic carbocycles. The lowest BCUT2D eigenvalue weighted by atomic mass is 9.84. The van der Waals surface area contributed by atoms with Crippen molar-refractivity contribution in [3.05, 3.63) is 34.1 Å². The van der Waals surface area contributed by atoms with Crippen molar-refractivity contribution in [1.82, 2.24) is 0 Å². The maximum absolute atomic E-state index is 13.2. The zero-order chi connectivity index (χ0) is 12.7. The number of fused-ring (bicyclic) bond motifs is 2. The molecule has 2 aliphatic carbocycles. The molecule has 0 radical (unpaired) electrons. The molecule has 1 aromatic rings. The third kappa shape index (κ3) is 2.53. The van der Waals surface area contributed by atoms with Gasteiger partial charge in [-0.25, -0.2) is 4.39 Å². The smallest absolute Gasteiger partial charge is 0.137 e. The molecule has 0 heterocycles. The van der Waals surface area contributed by atoms with E-state index in [1.54, 1.807) is 6.07 Å². The summed E-state index contributed by atoms with van der Waals surface area (Å²) in [5.74, 6) is 2.65. The van der Waals surface area contributed by atoms with Crippen LogP contribution in [0.15, 0.2) is 22.7 Å². The van der Waals surface area contributed by atoms with Crippen molar-refractivity contribution >= 4 is 31.9 Å². The van der Waals surface area contributed by atoms with Crippen LogP contribution in [0.1, 0.15) is 42.5 Å². The zero-order valence-corrected chi connectivity index (χ0v) is 13.4. The van der Waals surface area contributed by atoms with Crippen molar-refractivity contribution < 1.29 is 4.39 Å². The Morgan fingerprint density at radius 2 is 2.11 bits per heavy atom. The van der Waals surface area contributed by atoms with Gasteiger partial charge in [0.05, 0.1) is 4.47 Å². The minimum Gasteiger partial charge on any atom is -0.206 e. The number of halogens is 3. The molecule has 0 aliphatic heterocycles. The summed E-state index contributed by atoms with van der Waals surface area (Å²) in [5.41, 5.74) is 1.19. The van der Waals surface area contributed by atoms with Gasteiger partial charge in [-0.05, 0) is 77.1 Å². The zero-order valence-electron chi connectivity index (χ0n) is 10.2. The van der Waals surface area contributed by atoms with E-state index in [1.165, 1.54) is 37.7 Å². The van der Waals surface area contributed by atoms with E-state index >= 15 is 0 Å². The van der Waals surface area contributed by atoms with Crippen molar-refractivity contribution in [2.45, 2.75) is 36.9 Å². The Balaban J connectivity index is 1.67. The van der Waals surface area contributed by atoms with Gasteiger partial charge in [0.15, 0.2) is 0 Å². The molecule has 4 atom stereocenters. The summed E-state index contributed by atoms with van der Waals surface area (Å²) in [7, 11) is 0. The summed E-state index contributed by atoms with van der Waals surface area (Å²) in [6.45, 7) is 0. The van der Waals surface area contributed by atoms with Gasteiger partial charge >= 0.3 is 0 Å². The normalized spacial score (nSPS) is 31.8. The van der Waals surface area contributed by atoms with Crippen molar-refractivity contribution in [2.24, 2.45) is 17.8 Å². The van der Waals surface area contributed by atoms with Crippen LogP contribution in [0.4, 0.5) is 4.39 Å². The Hall–Kier alpha value is 0.110. The third-order valence-electron chi connectivity index (χ3n) is 4.70. The molecule has 0 saturated heterocycles. The fraction of sp³-hybridized carbons (Fsp3) is 0.600. The molecule has 0 nitrogen and oxygen atoms in total. The Morgan fingerprint density at radius 1 is 1.28 bits per heavy atom. The first-order valence-electron chi connectivity index (χ1n) is 6.72. The molecule has 4 unspecified atom stereocenters. The van der Waals surface area contributed by atoms with Gasteiger partial charge in [0.2, 0.25) is 0 Å². The Bertz CT molecular complexity index is 446. The topological polar surface area (TPSA) is 0 Å². The van der Waals surface area contributed by atoms with E-state index in [0.29, 0.717) is 9.30 Å². The summed E-state index contributed by atoms with van der Waals surface area (Å²) in [5, 5.41) is 0. The van der Waals surface area contributed by atoms with E-state index in [-0.39, 0.29) is 5.82 Å². The van der Waals surface area contributed by atoms with E-state index in [2.05, 4.69) is 31.9 Å². The molecule has 0 aromatic heterocycles. The summed E-state index contributed by atoms with van der Waals surface area (Å²) in [6, 6.07) is 5.35. The van der Waals surface area contributed by atoms with Crippen LogP contribution in [0.25, 0.3) is 0 Å². The first kappa shape index (κ1) is 13.1. The highest BCUT2D eigenvalue weighted by molar-refractivity contribution is 9.10. The second-order valence-corrected chi connectivity index (χ2v) is 7.77. The molecular formula is C15H17Br2F. The summed E-state index contributed by atoms with van der Waals surface area (Å²) < 4.78 is 13.8. The van der Waals surface area contributed by atoms with Crippen LogP contribution >= 0.6 is 31.9 Å². The van der Waals surface area contributed by atoms with E-state index in [9.17, 15) is 4.39 Å². The molecule has 98 valence electrons. The number of hydrogen-bond acceptors (Lipinski definition) is 0. The van der Waals surface area contributed by atoms with Crippen LogP contribution < -0.4 is 0 Å². The highest BCUT2D eigenvalue weighted by Crippen LogP contribution is 2.52. The van der Waals surface area contributed by atoms with Gasteiger partial charge < -0.3 is 0 Å². The molecule has 0 N–H and O–H groups in total. The molecule has 3 heteroatoms. The van der Waals surface area contributed by atoms with Crippen LogP contribution in [0.5, 0.6) is 0 Å². The second-order valence-electron chi connectivity index (χ2n) is 5.81. The van der Waals surface area contributed by atoms with Gasteiger partial charge in [-0.3, -0.25) is 0 Å². The quantitative estimate of drug-likeness (QED) is 0.581. The van der Waals surface area contributed by atoms with Gasteiger partial charge in [-0.15, -0.1) is 0 Å². The van der Waals surface area contributed by atoms with Gasteiger partial charge in [0.25, 0.3) is 0 Å². The maximum atomic E-state index is 13.2. The van der Waals surface area contributed by atoms with Crippen LogP contribution in [-0.2, 0) is 0 Å². The number of hydrogen-bond donors (Lipinski definition) is 0. The lowest BCUT2D eigenvalue weighted by molar-refractivity contribution is 0.314. The second kappa shape index (κ2) is 5.24. The van der Waals surface area contributed by atoms with Crippen LogP contribution in [0, 0.1) is 23.6 Å². The van der Waals surface area contributed by atoms with Crippen LogP contribution in [0.2, 0.25) is 0 Å². The Morgan fingerprint density at radius 3 is 2.72 bits per heavy atom. The average Bonchev–Trinajstić information content (AvgIpc) is 2.94. The van der Waals surface area contributed by atoms with Gasteiger partial charge in [0, 0.05) is 4.83 Å². The average molecular weight is 376 g/mol. The number of rotatable bonds is 3. The minimum atomic E-state index is -0.182. The molecule has 18 heavy (non-hydrogen) atoms. The molecule has 2 fully saturated rings. The van der Waals surface area contributed by atoms with Crippen molar-refractivity contribution in [3.63, 3.8) is 0 Å². The third-order valence-corrected chi connectivity index (χ3v) is 6.21. The first-order valence-corrected chi connectivity index (χ1v) is 8.43. The van der Waals surface area contributed by atoms with Crippen molar-refractivity contribution in [3.8, 4) is 0 Å². The van der Waals surface area contributed by atoms with Crippen molar-refractivity contribution in [1.29, 1.82) is 0 Å². The van der Waals surface area contributed by atoms with E-state index < -0.39 is 0 Å². The first-order chi connectivity index (χ1) is 8.63. The van der Waals surface area contributed by atoms with Crippen LogP contribution in [0.3, 0.4) is 0 Å². The predicted octanol–water partition coefficient (Wildman–Crippen LogP) is 5.85. The van der Waals surface area contributed by atoms with Gasteiger partial charge in [0.1, 0.15) is 5.82 Å². The Labute approximate surface area is 125 Å². The molecular weight excluding hydrogens is 359 g/mol. The highest BCUT2D eigenvalue weighted by Gasteiger charge is 2.39. The van der Waals surface area contributed by atoms with E-state index in [1.807, 2.05) is 12.1 Å². The van der Waals surface area contributed by atoms with Gasteiger partial charge in [-0.1, -0.05) is 28.4 Å². The minimum absolute atomic E-state index is 0.182. The molecule has 3 rings (SSSR count). The molecule has 2 bridgehead atoms. The summed E-state index contributed by atoms with van der Waals surface area (Å²) in [6.07, 6.45) is 6.95. The largest absolute Gasteiger partial charge is 0.206 e. The molecule has 2 aliphatic rings. The Kier molecular flexibility index (Phi) is 3.82. The SMILES string of the molecule is Fc1ccc(C(Br)CC2CC3CCC2C3)cc1Br. The van der Waals surface area contributed by atoms with Gasteiger partial charge in [-0.2, -0.15) is 0 Å². The maximum Gasteiger partial charge on any atom is 0.137 e. The number of benzene rings is 1. The fourth-order valence-electron chi connectivity index (χ4n) is 3.77. The monoisotopic (exact) mass is 374 g/mol. The lowest BCUT2D eigenvalue weighted by Gasteiger charge is -2.24. The molecule has 0 spiro atoms. The summed E-state index contributed by atoms with van der Waals surface area (Å²) >= 11 is 7.05. The number of alkyl halides is 1. The summed E-state index contributed by atoms with van der Waals surface area (Å²) in [4.78, 5) is 0.360.